The van der Waals surface area contributed by atoms with Gasteiger partial charge in [0.25, 0.3) is 0 Å². The SMILES string of the molecule is COC(=O)c1ccc(NC(=O)CSCC=Cc2ccccc2)cc1. The Morgan fingerprint density at radius 3 is 2.46 bits per heavy atom. The van der Waals surface area contributed by atoms with Gasteiger partial charge in [0.1, 0.15) is 0 Å². The maximum Gasteiger partial charge on any atom is 0.337 e. The van der Waals surface area contributed by atoms with E-state index in [2.05, 4.69) is 10.1 Å². The molecule has 2 aromatic rings. The molecule has 0 aliphatic carbocycles. The molecule has 0 aliphatic rings. The van der Waals surface area contributed by atoms with Crippen molar-refractivity contribution in [1.82, 2.24) is 0 Å². The largest absolute Gasteiger partial charge is 0.465 e. The lowest BCUT2D eigenvalue weighted by Gasteiger charge is -2.05. The number of carbonyl (C=O) groups excluding carboxylic acids is 2. The Balaban J connectivity index is 1.71. The van der Waals surface area contributed by atoms with Crippen LogP contribution in [0.3, 0.4) is 0 Å². The second-order valence-corrected chi connectivity index (χ2v) is 5.98. The van der Waals surface area contributed by atoms with Crippen LogP contribution in [0.4, 0.5) is 5.69 Å². The number of anilines is 1. The van der Waals surface area contributed by atoms with Gasteiger partial charge in [-0.25, -0.2) is 4.79 Å². The first-order valence-electron chi connectivity index (χ1n) is 7.46. The Labute approximate surface area is 145 Å². The summed E-state index contributed by atoms with van der Waals surface area (Å²) in [6.45, 7) is 0. The van der Waals surface area contributed by atoms with Gasteiger partial charge in [0.2, 0.25) is 5.91 Å². The molecule has 1 amide bonds. The minimum atomic E-state index is -0.395. The predicted molar refractivity (Wildman–Crippen MR) is 99.2 cm³/mol. The van der Waals surface area contributed by atoms with Crippen LogP contribution in [0.1, 0.15) is 15.9 Å². The molecule has 0 fully saturated rings. The quantitative estimate of drug-likeness (QED) is 0.614. The van der Waals surface area contributed by atoms with Crippen LogP contribution in [0.25, 0.3) is 6.08 Å². The smallest absolute Gasteiger partial charge is 0.337 e. The zero-order valence-electron chi connectivity index (χ0n) is 13.4. The normalized spacial score (nSPS) is 10.5. The van der Waals surface area contributed by atoms with Crippen molar-refractivity contribution in [3.8, 4) is 0 Å². The summed E-state index contributed by atoms with van der Waals surface area (Å²) in [5.74, 6) is 0.675. The Kier molecular flexibility index (Phi) is 7.11. The highest BCUT2D eigenvalue weighted by Gasteiger charge is 2.06. The maximum absolute atomic E-state index is 11.9. The Morgan fingerprint density at radius 2 is 1.79 bits per heavy atom. The van der Waals surface area contributed by atoms with E-state index in [1.165, 1.54) is 18.9 Å². The highest BCUT2D eigenvalue weighted by atomic mass is 32.2. The maximum atomic E-state index is 11.9. The van der Waals surface area contributed by atoms with E-state index in [1.807, 2.05) is 42.5 Å². The van der Waals surface area contributed by atoms with Gasteiger partial charge in [0.15, 0.2) is 0 Å². The molecule has 2 aromatic carbocycles. The molecule has 24 heavy (non-hydrogen) atoms. The Bertz CT molecular complexity index is 696. The molecule has 2 rings (SSSR count). The third kappa shape index (κ3) is 5.93. The molecule has 5 heteroatoms. The number of carbonyl (C=O) groups is 2. The number of esters is 1. The van der Waals surface area contributed by atoms with Gasteiger partial charge >= 0.3 is 5.97 Å². The van der Waals surface area contributed by atoms with E-state index in [-0.39, 0.29) is 5.91 Å². The number of rotatable bonds is 7. The van der Waals surface area contributed by atoms with Crippen LogP contribution in [0.2, 0.25) is 0 Å². The number of nitrogens with one attached hydrogen (secondary N) is 1. The molecule has 0 heterocycles. The Morgan fingerprint density at radius 1 is 1.08 bits per heavy atom. The van der Waals surface area contributed by atoms with E-state index in [9.17, 15) is 9.59 Å². The molecule has 124 valence electrons. The second-order valence-electron chi connectivity index (χ2n) is 4.95. The van der Waals surface area contributed by atoms with Crippen molar-refractivity contribution in [2.24, 2.45) is 0 Å². The molecule has 0 saturated heterocycles. The van der Waals surface area contributed by atoms with Gasteiger partial charge in [0, 0.05) is 11.4 Å². The summed E-state index contributed by atoms with van der Waals surface area (Å²) in [5.41, 5.74) is 2.26. The van der Waals surface area contributed by atoms with Gasteiger partial charge in [-0.3, -0.25) is 4.79 Å². The lowest BCUT2D eigenvalue weighted by molar-refractivity contribution is -0.113. The zero-order chi connectivity index (χ0) is 17.2. The topological polar surface area (TPSA) is 55.4 Å². The molecule has 0 saturated carbocycles. The summed E-state index contributed by atoms with van der Waals surface area (Å²) < 4.78 is 4.63. The summed E-state index contributed by atoms with van der Waals surface area (Å²) in [6, 6.07) is 16.6. The van der Waals surface area contributed by atoms with Crippen molar-refractivity contribution in [3.05, 3.63) is 71.8 Å². The van der Waals surface area contributed by atoms with Crippen LogP contribution in [0.15, 0.2) is 60.7 Å². The monoisotopic (exact) mass is 341 g/mol. The molecule has 1 N–H and O–H groups in total. The lowest BCUT2D eigenvalue weighted by Crippen LogP contribution is -2.14. The van der Waals surface area contributed by atoms with Crippen LogP contribution >= 0.6 is 11.8 Å². The Hall–Kier alpha value is -2.53. The number of hydrogen-bond acceptors (Lipinski definition) is 4. The van der Waals surface area contributed by atoms with Crippen molar-refractivity contribution < 1.29 is 14.3 Å². The molecule has 0 spiro atoms. The molecule has 0 radical (unpaired) electrons. The average molecular weight is 341 g/mol. The van der Waals surface area contributed by atoms with Crippen molar-refractivity contribution in [2.45, 2.75) is 0 Å². The number of benzene rings is 2. The third-order valence-electron chi connectivity index (χ3n) is 3.15. The van der Waals surface area contributed by atoms with Crippen molar-refractivity contribution >= 4 is 35.4 Å². The fourth-order valence-electron chi connectivity index (χ4n) is 1.97. The first kappa shape index (κ1) is 17.8. The van der Waals surface area contributed by atoms with Gasteiger partial charge < -0.3 is 10.1 Å². The summed E-state index contributed by atoms with van der Waals surface area (Å²) in [7, 11) is 1.33. The highest BCUT2D eigenvalue weighted by molar-refractivity contribution is 8.00. The fourth-order valence-corrected chi connectivity index (χ4v) is 2.58. The molecular formula is C19H19NO3S. The molecule has 0 aromatic heterocycles. The second kappa shape index (κ2) is 9.57. The fraction of sp³-hybridized carbons (Fsp3) is 0.158. The van der Waals surface area contributed by atoms with Crippen molar-refractivity contribution in [3.63, 3.8) is 0 Å². The number of hydrogen-bond donors (Lipinski definition) is 1. The van der Waals surface area contributed by atoms with E-state index >= 15 is 0 Å². The van der Waals surface area contributed by atoms with Crippen LogP contribution < -0.4 is 5.32 Å². The zero-order valence-corrected chi connectivity index (χ0v) is 14.2. The molecule has 4 nitrogen and oxygen atoms in total. The minimum Gasteiger partial charge on any atom is -0.465 e. The number of amides is 1. The number of ether oxygens (including phenoxy) is 1. The van der Waals surface area contributed by atoms with Gasteiger partial charge in [-0.2, -0.15) is 0 Å². The van der Waals surface area contributed by atoms with Gasteiger partial charge in [-0.1, -0.05) is 42.5 Å². The van der Waals surface area contributed by atoms with Crippen LogP contribution in [-0.2, 0) is 9.53 Å². The average Bonchev–Trinajstić information content (AvgIpc) is 2.62. The van der Waals surface area contributed by atoms with Crippen molar-refractivity contribution in [2.75, 3.05) is 23.9 Å². The summed E-state index contributed by atoms with van der Waals surface area (Å²) in [6.07, 6.45) is 4.08. The lowest BCUT2D eigenvalue weighted by atomic mass is 10.2. The van der Waals surface area contributed by atoms with Crippen LogP contribution in [-0.4, -0.2) is 30.5 Å². The third-order valence-corrected chi connectivity index (χ3v) is 4.04. The minimum absolute atomic E-state index is 0.0704. The van der Waals surface area contributed by atoms with E-state index in [0.29, 0.717) is 17.0 Å². The molecule has 0 bridgehead atoms. The molecular weight excluding hydrogens is 322 g/mol. The summed E-state index contributed by atoms with van der Waals surface area (Å²) >= 11 is 1.54. The van der Waals surface area contributed by atoms with Gasteiger partial charge in [0.05, 0.1) is 18.4 Å². The number of methoxy groups -OCH3 is 1. The molecule has 0 aliphatic heterocycles. The van der Waals surface area contributed by atoms with Gasteiger partial charge in [-0.05, 0) is 29.8 Å². The summed E-state index contributed by atoms with van der Waals surface area (Å²) in [4.78, 5) is 23.2. The van der Waals surface area contributed by atoms with Crippen LogP contribution in [0.5, 0.6) is 0 Å². The summed E-state index contributed by atoms with van der Waals surface area (Å²) in [5, 5.41) is 2.80. The van der Waals surface area contributed by atoms with E-state index in [1.54, 1.807) is 24.3 Å². The van der Waals surface area contributed by atoms with Crippen molar-refractivity contribution in [1.29, 1.82) is 0 Å². The van der Waals surface area contributed by atoms with E-state index in [0.717, 1.165) is 11.3 Å². The highest BCUT2D eigenvalue weighted by Crippen LogP contribution is 2.11. The molecule has 0 unspecified atom stereocenters. The first-order valence-corrected chi connectivity index (χ1v) is 8.62. The van der Waals surface area contributed by atoms with E-state index < -0.39 is 5.97 Å². The van der Waals surface area contributed by atoms with Gasteiger partial charge in [-0.15, -0.1) is 11.8 Å². The predicted octanol–water partition coefficient (Wildman–Crippen LogP) is 3.86. The standard InChI is InChI=1S/C19H19NO3S/c1-23-19(22)16-9-11-17(12-10-16)20-18(21)14-24-13-5-8-15-6-3-2-4-7-15/h2-12H,13-14H2,1H3,(H,20,21). The first-order chi connectivity index (χ1) is 11.7. The number of thioether (sulfide) groups is 1. The van der Waals surface area contributed by atoms with Crippen LogP contribution in [0, 0.1) is 0 Å². The van der Waals surface area contributed by atoms with E-state index in [4.69, 9.17) is 0 Å². The molecule has 0 atom stereocenters.